The Kier molecular flexibility index (Phi) is 4.45. The number of hydrogen-bond donors (Lipinski definition) is 1. The van der Waals surface area contributed by atoms with E-state index in [0.29, 0.717) is 6.04 Å². The second kappa shape index (κ2) is 5.68. The summed E-state index contributed by atoms with van der Waals surface area (Å²) in [6.07, 6.45) is 3.14. The van der Waals surface area contributed by atoms with E-state index in [0.717, 1.165) is 24.7 Å². The molecule has 0 bridgehead atoms. The third-order valence-electron chi connectivity index (χ3n) is 4.70. The number of piperazine rings is 1. The van der Waals surface area contributed by atoms with Crippen molar-refractivity contribution in [3.05, 3.63) is 0 Å². The molecular weight excluding hydrogens is 212 g/mol. The van der Waals surface area contributed by atoms with Crippen molar-refractivity contribution in [2.75, 3.05) is 33.2 Å². The topological polar surface area (TPSA) is 26.7 Å². The van der Waals surface area contributed by atoms with Crippen LogP contribution in [0.1, 0.15) is 33.1 Å². The third kappa shape index (κ3) is 3.21. The van der Waals surface area contributed by atoms with Gasteiger partial charge in [0.2, 0.25) is 0 Å². The lowest BCUT2D eigenvalue weighted by atomic mass is 9.76. The highest BCUT2D eigenvalue weighted by Crippen LogP contribution is 2.34. The number of likely N-dealkylation sites (N-methyl/N-ethyl adjacent to an activating group) is 1. The molecule has 1 heterocycles. The van der Waals surface area contributed by atoms with Gasteiger partial charge >= 0.3 is 0 Å². The van der Waals surface area contributed by atoms with Crippen LogP contribution < -0.4 is 0 Å². The van der Waals surface area contributed by atoms with Gasteiger partial charge in [-0.05, 0) is 38.1 Å². The third-order valence-corrected chi connectivity index (χ3v) is 4.70. The van der Waals surface area contributed by atoms with Crippen LogP contribution in [0.3, 0.4) is 0 Å². The predicted molar refractivity (Wildman–Crippen MR) is 71.0 cm³/mol. The molecule has 1 aliphatic heterocycles. The van der Waals surface area contributed by atoms with E-state index in [2.05, 4.69) is 30.7 Å². The Morgan fingerprint density at radius 2 is 1.71 bits per heavy atom. The Balaban J connectivity index is 1.99. The summed E-state index contributed by atoms with van der Waals surface area (Å²) in [5.41, 5.74) is 0. The quantitative estimate of drug-likeness (QED) is 0.791. The Morgan fingerprint density at radius 3 is 2.29 bits per heavy atom. The van der Waals surface area contributed by atoms with Gasteiger partial charge in [0.15, 0.2) is 0 Å². The molecule has 2 aliphatic rings. The number of hydrogen-bond acceptors (Lipinski definition) is 3. The van der Waals surface area contributed by atoms with Crippen molar-refractivity contribution in [1.29, 1.82) is 0 Å². The van der Waals surface area contributed by atoms with E-state index in [9.17, 15) is 5.11 Å². The number of nitrogens with zero attached hydrogens (tertiary/aromatic N) is 2. The highest BCUT2D eigenvalue weighted by atomic mass is 16.3. The van der Waals surface area contributed by atoms with E-state index in [1.165, 1.54) is 32.6 Å². The van der Waals surface area contributed by atoms with Gasteiger partial charge in [0.25, 0.3) is 0 Å². The average Bonchev–Trinajstić information content (AvgIpc) is 2.29. The summed E-state index contributed by atoms with van der Waals surface area (Å²) in [6.45, 7) is 9.39. The molecule has 0 aromatic carbocycles. The van der Waals surface area contributed by atoms with E-state index < -0.39 is 0 Å². The number of aliphatic hydroxyl groups is 1. The minimum atomic E-state index is -0.0605. The summed E-state index contributed by atoms with van der Waals surface area (Å²) in [6, 6.07) is 0.618. The van der Waals surface area contributed by atoms with Gasteiger partial charge in [-0.25, -0.2) is 0 Å². The van der Waals surface area contributed by atoms with Gasteiger partial charge in [-0.15, -0.1) is 0 Å². The molecule has 1 aliphatic carbocycles. The molecule has 0 amide bonds. The molecule has 1 saturated carbocycles. The Hall–Kier alpha value is -0.120. The molecule has 3 unspecified atom stereocenters. The van der Waals surface area contributed by atoms with Crippen molar-refractivity contribution >= 4 is 0 Å². The van der Waals surface area contributed by atoms with Crippen molar-refractivity contribution < 1.29 is 5.11 Å². The van der Waals surface area contributed by atoms with Gasteiger partial charge in [0.05, 0.1) is 6.10 Å². The van der Waals surface area contributed by atoms with Crippen LogP contribution in [0.15, 0.2) is 0 Å². The fraction of sp³-hybridized carbons (Fsp3) is 1.00. The van der Waals surface area contributed by atoms with Crippen LogP contribution in [0, 0.1) is 11.8 Å². The van der Waals surface area contributed by atoms with Gasteiger partial charge < -0.3 is 10.0 Å². The predicted octanol–water partition coefficient (Wildman–Crippen LogP) is 1.42. The first-order valence-electron chi connectivity index (χ1n) is 7.18. The first-order chi connectivity index (χ1) is 8.08. The largest absolute Gasteiger partial charge is 0.393 e. The smallest absolute Gasteiger partial charge is 0.0555 e. The van der Waals surface area contributed by atoms with Gasteiger partial charge in [0.1, 0.15) is 0 Å². The molecule has 100 valence electrons. The maximum Gasteiger partial charge on any atom is 0.0555 e. The monoisotopic (exact) mass is 240 g/mol. The molecule has 3 heteroatoms. The fourth-order valence-corrected chi connectivity index (χ4v) is 3.50. The minimum Gasteiger partial charge on any atom is -0.393 e. The standard InChI is InChI=1S/C14H28N2O/c1-11(2)13-5-4-12(17)10-14(13)16-8-6-15(3)7-9-16/h11-14,17H,4-10H2,1-3H3. The molecule has 0 spiro atoms. The molecular formula is C14H28N2O. The van der Waals surface area contributed by atoms with Crippen LogP contribution >= 0.6 is 0 Å². The van der Waals surface area contributed by atoms with Crippen LogP contribution in [0.4, 0.5) is 0 Å². The molecule has 2 rings (SSSR count). The zero-order valence-electron chi connectivity index (χ0n) is 11.6. The van der Waals surface area contributed by atoms with Gasteiger partial charge in [-0.2, -0.15) is 0 Å². The minimum absolute atomic E-state index is 0.0605. The molecule has 2 fully saturated rings. The van der Waals surface area contributed by atoms with E-state index in [1.807, 2.05) is 0 Å². The first kappa shape index (κ1) is 13.3. The van der Waals surface area contributed by atoms with Crippen molar-refractivity contribution in [1.82, 2.24) is 9.80 Å². The summed E-state index contributed by atoms with van der Waals surface area (Å²) in [7, 11) is 2.20. The van der Waals surface area contributed by atoms with Crippen molar-refractivity contribution in [2.24, 2.45) is 11.8 Å². The molecule has 1 N–H and O–H groups in total. The molecule has 0 radical (unpaired) electrons. The second-order valence-electron chi connectivity index (χ2n) is 6.28. The molecule has 3 nitrogen and oxygen atoms in total. The van der Waals surface area contributed by atoms with Crippen LogP contribution in [-0.4, -0.2) is 60.3 Å². The van der Waals surface area contributed by atoms with Gasteiger partial charge in [0, 0.05) is 32.2 Å². The molecule has 0 aromatic rings. The highest BCUT2D eigenvalue weighted by Gasteiger charge is 2.35. The summed E-state index contributed by atoms with van der Waals surface area (Å²) in [5.74, 6) is 1.52. The maximum atomic E-state index is 9.92. The van der Waals surface area contributed by atoms with E-state index >= 15 is 0 Å². The average molecular weight is 240 g/mol. The van der Waals surface area contributed by atoms with Crippen LogP contribution in [0.25, 0.3) is 0 Å². The Bertz CT molecular complexity index is 236. The molecule has 3 atom stereocenters. The van der Waals surface area contributed by atoms with E-state index in [1.54, 1.807) is 0 Å². The lowest BCUT2D eigenvalue weighted by molar-refractivity contribution is -0.00543. The Labute approximate surface area is 106 Å². The molecule has 0 aromatic heterocycles. The van der Waals surface area contributed by atoms with Gasteiger partial charge in [-0.3, -0.25) is 4.90 Å². The normalized spacial score (nSPS) is 37.6. The zero-order chi connectivity index (χ0) is 12.4. The van der Waals surface area contributed by atoms with Crippen LogP contribution in [-0.2, 0) is 0 Å². The summed E-state index contributed by atoms with van der Waals surface area (Å²) in [5, 5.41) is 9.92. The fourth-order valence-electron chi connectivity index (χ4n) is 3.50. The van der Waals surface area contributed by atoms with Crippen LogP contribution in [0.2, 0.25) is 0 Å². The SMILES string of the molecule is CC(C)C1CCC(O)CC1N1CCN(C)CC1. The van der Waals surface area contributed by atoms with E-state index in [-0.39, 0.29) is 6.10 Å². The molecule has 1 saturated heterocycles. The highest BCUT2D eigenvalue weighted by molar-refractivity contribution is 4.90. The van der Waals surface area contributed by atoms with Crippen LogP contribution in [0.5, 0.6) is 0 Å². The summed E-state index contributed by atoms with van der Waals surface area (Å²) >= 11 is 0. The maximum absolute atomic E-state index is 9.92. The Morgan fingerprint density at radius 1 is 1.06 bits per heavy atom. The lowest BCUT2D eigenvalue weighted by Gasteiger charge is -2.46. The van der Waals surface area contributed by atoms with Crippen molar-refractivity contribution in [3.63, 3.8) is 0 Å². The summed E-state index contributed by atoms with van der Waals surface area (Å²) in [4.78, 5) is 5.03. The zero-order valence-corrected chi connectivity index (χ0v) is 11.6. The number of aliphatic hydroxyl groups excluding tert-OH is 1. The van der Waals surface area contributed by atoms with E-state index in [4.69, 9.17) is 0 Å². The first-order valence-corrected chi connectivity index (χ1v) is 7.18. The second-order valence-corrected chi connectivity index (χ2v) is 6.28. The van der Waals surface area contributed by atoms with Crippen molar-refractivity contribution in [3.8, 4) is 0 Å². The van der Waals surface area contributed by atoms with Gasteiger partial charge in [-0.1, -0.05) is 13.8 Å². The summed E-state index contributed by atoms with van der Waals surface area (Å²) < 4.78 is 0. The van der Waals surface area contributed by atoms with Crippen molar-refractivity contribution in [2.45, 2.75) is 45.3 Å². The number of rotatable bonds is 2. The molecule has 17 heavy (non-hydrogen) atoms. The lowest BCUT2D eigenvalue weighted by Crippen LogP contribution is -2.54.